The van der Waals surface area contributed by atoms with Crippen LogP contribution in [0.4, 0.5) is 0 Å². The molecule has 2 aromatic rings. The van der Waals surface area contributed by atoms with Crippen LogP contribution in [0.15, 0.2) is 48.5 Å². The fourth-order valence-corrected chi connectivity index (χ4v) is 4.47. The van der Waals surface area contributed by atoms with Crippen molar-refractivity contribution in [2.24, 2.45) is 0 Å². The second kappa shape index (κ2) is 6.43. The van der Waals surface area contributed by atoms with Gasteiger partial charge in [-0.2, -0.15) is 0 Å². The van der Waals surface area contributed by atoms with Gasteiger partial charge in [0.05, 0.1) is 6.04 Å². The summed E-state index contributed by atoms with van der Waals surface area (Å²) in [5.74, 6) is 0.744. The van der Waals surface area contributed by atoms with E-state index in [1.807, 2.05) is 0 Å². The third kappa shape index (κ3) is 2.86. The van der Waals surface area contributed by atoms with Gasteiger partial charge in [0.2, 0.25) is 5.91 Å². The molecule has 24 heavy (non-hydrogen) atoms. The minimum absolute atomic E-state index is 0.272. The lowest BCUT2D eigenvalue weighted by molar-refractivity contribution is -0.132. The number of carbonyl (C=O) groups is 1. The van der Waals surface area contributed by atoms with Gasteiger partial charge in [0.25, 0.3) is 0 Å². The van der Waals surface area contributed by atoms with Crippen molar-refractivity contribution in [2.45, 2.75) is 51.0 Å². The van der Waals surface area contributed by atoms with Crippen molar-refractivity contribution in [1.29, 1.82) is 0 Å². The maximum Gasteiger partial charge on any atom is 0.223 e. The average molecular weight is 319 g/mol. The second-order valence-corrected chi connectivity index (χ2v) is 7.30. The molecule has 0 spiro atoms. The molecular formula is C22H25NO. The second-order valence-electron chi connectivity index (χ2n) is 7.30. The van der Waals surface area contributed by atoms with Gasteiger partial charge in [-0.3, -0.25) is 4.79 Å². The van der Waals surface area contributed by atoms with Gasteiger partial charge in [0, 0.05) is 13.0 Å². The van der Waals surface area contributed by atoms with E-state index in [9.17, 15) is 4.79 Å². The molecule has 1 aliphatic heterocycles. The van der Waals surface area contributed by atoms with Crippen LogP contribution in [0.1, 0.15) is 59.9 Å². The highest BCUT2D eigenvalue weighted by atomic mass is 16.2. The molecule has 2 aliphatic rings. The summed E-state index contributed by atoms with van der Waals surface area (Å²) < 4.78 is 0. The lowest BCUT2D eigenvalue weighted by Crippen LogP contribution is -2.31. The van der Waals surface area contributed by atoms with Gasteiger partial charge in [-0.1, -0.05) is 54.1 Å². The number of rotatable bonds is 3. The van der Waals surface area contributed by atoms with Gasteiger partial charge in [-0.05, 0) is 55.2 Å². The molecule has 1 fully saturated rings. The molecule has 2 heteroatoms. The molecule has 1 aliphatic carbocycles. The topological polar surface area (TPSA) is 20.3 Å². The van der Waals surface area contributed by atoms with Crippen molar-refractivity contribution in [2.75, 3.05) is 6.54 Å². The molecule has 1 heterocycles. The third-order valence-electron chi connectivity index (χ3n) is 5.68. The smallest absolute Gasteiger partial charge is 0.223 e. The first-order valence-corrected chi connectivity index (χ1v) is 9.16. The molecule has 0 bridgehead atoms. The van der Waals surface area contributed by atoms with Crippen LogP contribution in [-0.2, 0) is 11.2 Å². The van der Waals surface area contributed by atoms with Crippen LogP contribution >= 0.6 is 0 Å². The number of nitrogens with zero attached hydrogens (tertiary/aromatic N) is 1. The van der Waals surface area contributed by atoms with Gasteiger partial charge < -0.3 is 4.90 Å². The highest BCUT2D eigenvalue weighted by Gasteiger charge is 2.32. The van der Waals surface area contributed by atoms with E-state index in [1.165, 1.54) is 22.3 Å². The van der Waals surface area contributed by atoms with E-state index in [0.717, 1.165) is 32.2 Å². The van der Waals surface area contributed by atoms with Crippen LogP contribution in [-0.4, -0.2) is 17.4 Å². The first-order valence-electron chi connectivity index (χ1n) is 9.16. The summed E-state index contributed by atoms with van der Waals surface area (Å²) in [6.07, 6.45) is 5.12. The Morgan fingerprint density at radius 2 is 2.00 bits per heavy atom. The molecule has 1 amide bonds. The predicted octanol–water partition coefficient (Wildman–Crippen LogP) is 4.78. The SMILES string of the molecule is Cc1cccc(C2CCCN2C(=O)CC2CCc3ccccc32)c1. The van der Waals surface area contributed by atoms with Gasteiger partial charge in [-0.25, -0.2) is 0 Å². The van der Waals surface area contributed by atoms with Crippen LogP contribution in [0.2, 0.25) is 0 Å². The van der Waals surface area contributed by atoms with E-state index in [1.54, 1.807) is 0 Å². The first kappa shape index (κ1) is 15.4. The Kier molecular flexibility index (Phi) is 4.13. The van der Waals surface area contributed by atoms with Crippen LogP contribution in [0.3, 0.4) is 0 Å². The number of hydrogen-bond donors (Lipinski definition) is 0. The number of fused-ring (bicyclic) bond motifs is 1. The summed E-state index contributed by atoms with van der Waals surface area (Å²) in [5, 5.41) is 0. The Hall–Kier alpha value is -2.09. The number of benzene rings is 2. The lowest BCUT2D eigenvalue weighted by atomic mass is 9.96. The number of carbonyl (C=O) groups excluding carboxylic acids is 1. The molecule has 2 nitrogen and oxygen atoms in total. The summed E-state index contributed by atoms with van der Waals surface area (Å²) in [6, 6.07) is 17.6. The molecule has 0 N–H and O–H groups in total. The first-order chi connectivity index (χ1) is 11.7. The Morgan fingerprint density at radius 1 is 1.12 bits per heavy atom. The van der Waals surface area contributed by atoms with Gasteiger partial charge in [-0.15, -0.1) is 0 Å². The molecule has 2 atom stereocenters. The van der Waals surface area contributed by atoms with Gasteiger partial charge in [0.15, 0.2) is 0 Å². The predicted molar refractivity (Wildman–Crippen MR) is 97.0 cm³/mol. The normalized spacial score (nSPS) is 22.6. The Labute approximate surface area is 144 Å². The van der Waals surface area contributed by atoms with E-state index < -0.39 is 0 Å². The van der Waals surface area contributed by atoms with Crippen LogP contribution in [0, 0.1) is 6.92 Å². The summed E-state index contributed by atoms with van der Waals surface area (Å²) in [5.41, 5.74) is 5.41. The maximum absolute atomic E-state index is 13.0. The van der Waals surface area contributed by atoms with Crippen molar-refractivity contribution >= 4 is 5.91 Å². The van der Waals surface area contributed by atoms with E-state index in [4.69, 9.17) is 0 Å². The van der Waals surface area contributed by atoms with Crippen molar-refractivity contribution in [3.8, 4) is 0 Å². The zero-order valence-electron chi connectivity index (χ0n) is 14.4. The summed E-state index contributed by atoms with van der Waals surface area (Å²) >= 11 is 0. The molecule has 2 aromatic carbocycles. The average Bonchev–Trinajstić information content (AvgIpc) is 3.22. The summed E-state index contributed by atoms with van der Waals surface area (Å²) in [7, 11) is 0. The zero-order valence-corrected chi connectivity index (χ0v) is 14.4. The van der Waals surface area contributed by atoms with Crippen molar-refractivity contribution < 1.29 is 4.79 Å². The van der Waals surface area contributed by atoms with Crippen LogP contribution in [0.5, 0.6) is 0 Å². The Bertz CT molecular complexity index is 751. The number of hydrogen-bond acceptors (Lipinski definition) is 1. The number of amides is 1. The van der Waals surface area contributed by atoms with E-state index >= 15 is 0 Å². The molecule has 0 aromatic heterocycles. The third-order valence-corrected chi connectivity index (χ3v) is 5.68. The lowest BCUT2D eigenvalue weighted by Gasteiger charge is -2.27. The molecular weight excluding hydrogens is 294 g/mol. The van der Waals surface area contributed by atoms with Crippen molar-refractivity contribution in [3.63, 3.8) is 0 Å². The fraction of sp³-hybridized carbons (Fsp3) is 0.409. The van der Waals surface area contributed by atoms with E-state index in [-0.39, 0.29) is 6.04 Å². The van der Waals surface area contributed by atoms with Crippen LogP contribution < -0.4 is 0 Å². The maximum atomic E-state index is 13.0. The molecule has 0 saturated carbocycles. The molecule has 2 unspecified atom stereocenters. The largest absolute Gasteiger partial charge is 0.336 e. The van der Waals surface area contributed by atoms with E-state index in [0.29, 0.717) is 18.2 Å². The minimum atomic E-state index is 0.272. The minimum Gasteiger partial charge on any atom is -0.336 e. The zero-order chi connectivity index (χ0) is 16.5. The Balaban J connectivity index is 1.50. The standard InChI is InChI=1S/C22H25NO/c1-16-6-4-8-19(14-16)21-10-5-13-23(21)22(24)15-18-12-11-17-7-2-3-9-20(17)18/h2-4,6-9,14,18,21H,5,10-13,15H2,1H3. The summed E-state index contributed by atoms with van der Waals surface area (Å²) in [4.78, 5) is 15.1. The molecule has 4 rings (SSSR count). The van der Waals surface area contributed by atoms with Gasteiger partial charge in [0.1, 0.15) is 0 Å². The molecule has 124 valence electrons. The summed E-state index contributed by atoms with van der Waals surface area (Å²) in [6.45, 7) is 3.03. The van der Waals surface area contributed by atoms with Crippen LogP contribution in [0.25, 0.3) is 0 Å². The Morgan fingerprint density at radius 3 is 2.88 bits per heavy atom. The number of aryl methyl sites for hydroxylation is 2. The highest BCUT2D eigenvalue weighted by molar-refractivity contribution is 5.78. The number of likely N-dealkylation sites (tertiary alicyclic amines) is 1. The van der Waals surface area contributed by atoms with Crippen molar-refractivity contribution in [3.05, 3.63) is 70.8 Å². The molecule has 0 radical (unpaired) electrons. The molecule has 1 saturated heterocycles. The highest BCUT2D eigenvalue weighted by Crippen LogP contribution is 2.38. The van der Waals surface area contributed by atoms with E-state index in [2.05, 4.69) is 60.4 Å². The fourth-order valence-electron chi connectivity index (χ4n) is 4.47. The van der Waals surface area contributed by atoms with Crippen molar-refractivity contribution in [1.82, 2.24) is 4.90 Å². The van der Waals surface area contributed by atoms with Gasteiger partial charge >= 0.3 is 0 Å². The quantitative estimate of drug-likeness (QED) is 0.797. The monoisotopic (exact) mass is 319 g/mol.